The topological polar surface area (TPSA) is 59.6 Å². The number of nitrogens with zero attached hydrogens (tertiary/aromatic N) is 2. The van der Waals surface area contributed by atoms with Crippen molar-refractivity contribution in [2.45, 2.75) is 12.1 Å². The number of aromatic nitrogens is 1. The molecule has 2 atom stereocenters. The van der Waals surface area contributed by atoms with Crippen LogP contribution in [0.3, 0.4) is 0 Å². The summed E-state index contributed by atoms with van der Waals surface area (Å²) >= 11 is 0. The number of hydrogen-bond donors (Lipinski definition) is 2. The van der Waals surface area contributed by atoms with Gasteiger partial charge in [0.25, 0.3) is 0 Å². The summed E-state index contributed by atoms with van der Waals surface area (Å²) in [5, 5.41) is 12.2. The minimum atomic E-state index is -1.15. The predicted octanol–water partition coefficient (Wildman–Crippen LogP) is 4.28. The zero-order valence-electron chi connectivity index (χ0n) is 17.9. The number of hydrogen-bond acceptors (Lipinski definition) is 4. The Hall–Kier alpha value is -3.41. The Balaban J connectivity index is 1.41. The van der Waals surface area contributed by atoms with Gasteiger partial charge in [-0.1, -0.05) is 66.7 Å². The number of nitrogens with one attached hydrogen (secondary N) is 1. The van der Waals surface area contributed by atoms with Crippen LogP contribution in [0.15, 0.2) is 91.1 Å². The fraction of sp³-hybridized carbons (Fsp3) is 0.222. The van der Waals surface area contributed by atoms with Crippen molar-refractivity contribution in [1.82, 2.24) is 9.88 Å². The normalized spacial score (nSPS) is 16.7. The summed E-state index contributed by atoms with van der Waals surface area (Å²) in [6.45, 7) is 3.24. The van der Waals surface area contributed by atoms with E-state index in [4.69, 9.17) is 0 Å². The maximum Gasteiger partial charge on any atom is 0.195 e. The average molecular weight is 426 g/mol. The van der Waals surface area contributed by atoms with Crippen molar-refractivity contribution < 1.29 is 9.90 Å². The van der Waals surface area contributed by atoms with Crippen molar-refractivity contribution in [3.05, 3.63) is 102 Å². The van der Waals surface area contributed by atoms with Crippen LogP contribution >= 0.6 is 0 Å². The van der Waals surface area contributed by atoms with Crippen molar-refractivity contribution >= 4 is 22.4 Å². The molecule has 1 aliphatic heterocycles. The minimum Gasteiger partial charge on any atom is -0.383 e. The number of para-hydroxylation sites is 2. The molecule has 5 nitrogen and oxygen atoms in total. The fourth-order valence-corrected chi connectivity index (χ4v) is 4.72. The van der Waals surface area contributed by atoms with Gasteiger partial charge in [-0.25, -0.2) is 0 Å². The number of ketones is 1. The van der Waals surface area contributed by atoms with Crippen LogP contribution in [0, 0.1) is 0 Å². The molecule has 2 unspecified atom stereocenters. The van der Waals surface area contributed by atoms with Crippen molar-refractivity contribution in [2.24, 2.45) is 0 Å². The van der Waals surface area contributed by atoms with E-state index in [0.29, 0.717) is 5.56 Å². The van der Waals surface area contributed by atoms with Crippen LogP contribution in [-0.2, 0) is 0 Å². The summed E-state index contributed by atoms with van der Waals surface area (Å²) in [5.41, 5.74) is 3.60. The number of aliphatic hydroxyl groups is 1. The van der Waals surface area contributed by atoms with Gasteiger partial charge in [0.15, 0.2) is 5.78 Å². The summed E-state index contributed by atoms with van der Waals surface area (Å²) in [7, 11) is 0. The number of fused-ring (bicyclic) bond motifs is 1. The molecule has 0 bridgehead atoms. The number of carbonyl (C=O) groups is 1. The van der Waals surface area contributed by atoms with Crippen LogP contribution < -0.4 is 4.90 Å². The Morgan fingerprint density at radius 2 is 1.44 bits per heavy atom. The predicted molar refractivity (Wildman–Crippen MR) is 128 cm³/mol. The standard InChI is InChI=1S/C27H27N3O2/c31-26(23-19-28-24-14-8-7-13-22(23)24)27(32)25(20-9-3-1-4-10-20)30-17-15-29(16-18-30)21-11-5-2-6-12-21/h1-14,19,25,27-28,32H,15-18H2. The highest BCUT2D eigenvalue weighted by Gasteiger charge is 2.35. The van der Waals surface area contributed by atoms with Crippen LogP contribution in [0.1, 0.15) is 22.0 Å². The number of anilines is 1. The van der Waals surface area contributed by atoms with Gasteiger partial charge in [0, 0.05) is 54.5 Å². The summed E-state index contributed by atoms with van der Waals surface area (Å²) in [4.78, 5) is 21.2. The Bertz CT molecular complexity index is 1180. The molecule has 0 saturated carbocycles. The largest absolute Gasteiger partial charge is 0.383 e. The number of benzene rings is 3. The van der Waals surface area contributed by atoms with E-state index in [2.05, 4.69) is 39.0 Å². The number of rotatable bonds is 6. The molecule has 32 heavy (non-hydrogen) atoms. The van der Waals surface area contributed by atoms with Gasteiger partial charge < -0.3 is 15.0 Å². The molecule has 1 aromatic heterocycles. The van der Waals surface area contributed by atoms with E-state index in [1.807, 2.05) is 60.7 Å². The van der Waals surface area contributed by atoms with Crippen LogP contribution in [0.2, 0.25) is 0 Å². The number of piperazine rings is 1. The Labute approximate surface area is 187 Å². The first-order valence-corrected chi connectivity index (χ1v) is 11.1. The minimum absolute atomic E-state index is 0.248. The molecule has 0 spiro atoms. The first-order valence-electron chi connectivity index (χ1n) is 11.1. The molecule has 5 rings (SSSR count). The van der Waals surface area contributed by atoms with E-state index in [-0.39, 0.29) is 5.78 Å². The van der Waals surface area contributed by atoms with Crippen LogP contribution in [0.4, 0.5) is 5.69 Å². The first-order chi connectivity index (χ1) is 15.7. The van der Waals surface area contributed by atoms with Crippen LogP contribution in [-0.4, -0.2) is 53.1 Å². The summed E-state index contributed by atoms with van der Waals surface area (Å²) < 4.78 is 0. The van der Waals surface area contributed by atoms with E-state index in [1.165, 1.54) is 5.69 Å². The van der Waals surface area contributed by atoms with E-state index >= 15 is 0 Å². The average Bonchev–Trinajstić information content (AvgIpc) is 3.29. The fourth-order valence-electron chi connectivity index (χ4n) is 4.72. The number of H-pyrrole nitrogens is 1. The number of aromatic amines is 1. The quantitative estimate of drug-likeness (QED) is 0.453. The van der Waals surface area contributed by atoms with Crippen molar-refractivity contribution in [2.75, 3.05) is 31.1 Å². The molecule has 5 heteroatoms. The lowest BCUT2D eigenvalue weighted by molar-refractivity contribution is 0.0366. The zero-order valence-corrected chi connectivity index (χ0v) is 17.9. The van der Waals surface area contributed by atoms with E-state index in [1.54, 1.807) is 6.20 Å². The van der Waals surface area contributed by atoms with Gasteiger partial charge >= 0.3 is 0 Å². The first kappa shape index (κ1) is 20.5. The Kier molecular flexibility index (Phi) is 5.75. The lowest BCUT2D eigenvalue weighted by Crippen LogP contribution is -2.51. The molecule has 2 heterocycles. The highest BCUT2D eigenvalue weighted by Crippen LogP contribution is 2.30. The summed E-state index contributed by atoms with van der Waals surface area (Å²) in [6.07, 6.45) is 0.561. The molecular formula is C27H27N3O2. The van der Waals surface area contributed by atoms with Crippen molar-refractivity contribution in [1.29, 1.82) is 0 Å². The monoisotopic (exact) mass is 425 g/mol. The van der Waals surface area contributed by atoms with Gasteiger partial charge in [0.2, 0.25) is 0 Å². The Morgan fingerprint density at radius 1 is 0.812 bits per heavy atom. The molecule has 0 radical (unpaired) electrons. The zero-order chi connectivity index (χ0) is 21.9. The third kappa shape index (κ3) is 3.93. The lowest BCUT2D eigenvalue weighted by Gasteiger charge is -2.41. The molecule has 162 valence electrons. The van der Waals surface area contributed by atoms with Crippen LogP contribution in [0.25, 0.3) is 10.9 Å². The molecule has 1 fully saturated rings. The molecule has 2 N–H and O–H groups in total. The Morgan fingerprint density at radius 3 is 2.16 bits per heavy atom. The van der Waals surface area contributed by atoms with E-state index in [0.717, 1.165) is 42.6 Å². The van der Waals surface area contributed by atoms with Gasteiger partial charge in [0.1, 0.15) is 6.10 Å². The second-order valence-corrected chi connectivity index (χ2v) is 8.27. The van der Waals surface area contributed by atoms with Gasteiger partial charge in [0.05, 0.1) is 6.04 Å². The van der Waals surface area contributed by atoms with E-state index < -0.39 is 12.1 Å². The van der Waals surface area contributed by atoms with Gasteiger partial charge in [-0.2, -0.15) is 0 Å². The van der Waals surface area contributed by atoms with Gasteiger partial charge in [-0.05, 0) is 23.8 Å². The molecule has 0 aliphatic carbocycles. The SMILES string of the molecule is O=C(c1c[nH]c2ccccc12)C(O)C(c1ccccc1)N1CCN(c2ccccc2)CC1. The van der Waals surface area contributed by atoms with Crippen molar-refractivity contribution in [3.63, 3.8) is 0 Å². The van der Waals surface area contributed by atoms with Gasteiger partial charge in [-0.15, -0.1) is 0 Å². The maximum absolute atomic E-state index is 13.5. The molecule has 1 saturated heterocycles. The third-order valence-electron chi connectivity index (χ3n) is 6.39. The molecule has 1 aliphatic rings. The molecule has 0 amide bonds. The second-order valence-electron chi connectivity index (χ2n) is 8.27. The molecule has 3 aromatic carbocycles. The smallest absolute Gasteiger partial charge is 0.195 e. The second kappa shape index (κ2) is 8.99. The van der Waals surface area contributed by atoms with Crippen LogP contribution in [0.5, 0.6) is 0 Å². The maximum atomic E-state index is 13.5. The number of aliphatic hydroxyl groups excluding tert-OH is 1. The number of carbonyl (C=O) groups excluding carboxylic acids is 1. The van der Waals surface area contributed by atoms with E-state index in [9.17, 15) is 9.90 Å². The highest BCUT2D eigenvalue weighted by atomic mass is 16.3. The number of Topliss-reactive ketones (excluding diaryl/α,β-unsaturated/α-hetero) is 1. The summed E-state index contributed by atoms with van der Waals surface area (Å²) in [6, 6.07) is 27.6. The third-order valence-corrected chi connectivity index (χ3v) is 6.39. The lowest BCUT2D eigenvalue weighted by atomic mass is 9.93. The molecular weight excluding hydrogens is 398 g/mol. The molecule has 4 aromatic rings. The summed E-state index contributed by atoms with van der Waals surface area (Å²) in [5.74, 6) is -0.248. The highest BCUT2D eigenvalue weighted by molar-refractivity contribution is 6.10. The van der Waals surface area contributed by atoms with Crippen molar-refractivity contribution in [3.8, 4) is 0 Å². The van der Waals surface area contributed by atoms with Gasteiger partial charge in [-0.3, -0.25) is 9.69 Å².